The highest BCUT2D eigenvalue weighted by Gasteiger charge is 2.34. The number of carbonyl (C=O) groups excluding carboxylic acids is 3. The van der Waals surface area contributed by atoms with E-state index in [1.807, 2.05) is 6.07 Å². The number of hydrogen-bond donors (Lipinski definition) is 1. The fourth-order valence-corrected chi connectivity index (χ4v) is 3.87. The van der Waals surface area contributed by atoms with Crippen LogP contribution in [-0.2, 0) is 4.79 Å². The van der Waals surface area contributed by atoms with Gasteiger partial charge >= 0.3 is 0 Å². The molecular formula is C22H22N2O6S. The lowest BCUT2D eigenvalue weighted by Gasteiger charge is -2.13. The summed E-state index contributed by atoms with van der Waals surface area (Å²) >= 11 is 0.842. The Balaban J connectivity index is 1.70. The number of ether oxygens (including phenoxy) is 3. The lowest BCUT2D eigenvalue weighted by Crippen LogP contribution is -2.37. The maximum absolute atomic E-state index is 12.7. The number of benzene rings is 2. The van der Waals surface area contributed by atoms with Crippen molar-refractivity contribution >= 4 is 34.9 Å². The fraction of sp³-hybridized carbons (Fsp3) is 0.227. The molecule has 2 aromatic rings. The van der Waals surface area contributed by atoms with Gasteiger partial charge in [-0.3, -0.25) is 19.3 Å². The van der Waals surface area contributed by atoms with Gasteiger partial charge in [-0.2, -0.15) is 0 Å². The van der Waals surface area contributed by atoms with Crippen molar-refractivity contribution in [1.29, 1.82) is 0 Å². The number of methoxy groups -OCH3 is 3. The van der Waals surface area contributed by atoms with E-state index < -0.39 is 11.1 Å². The maximum atomic E-state index is 12.7. The van der Waals surface area contributed by atoms with E-state index in [1.165, 1.54) is 21.3 Å². The first-order valence-corrected chi connectivity index (χ1v) is 10.2. The van der Waals surface area contributed by atoms with E-state index in [0.717, 1.165) is 16.7 Å². The predicted octanol–water partition coefficient (Wildman–Crippen LogP) is 3.18. The van der Waals surface area contributed by atoms with Gasteiger partial charge in [0.25, 0.3) is 17.1 Å². The second-order valence-corrected chi connectivity index (χ2v) is 7.41. The van der Waals surface area contributed by atoms with Crippen LogP contribution in [0.2, 0.25) is 0 Å². The van der Waals surface area contributed by atoms with Crippen LogP contribution in [0.3, 0.4) is 0 Å². The van der Waals surface area contributed by atoms with Gasteiger partial charge in [-0.15, -0.1) is 0 Å². The quantitative estimate of drug-likeness (QED) is 0.628. The van der Waals surface area contributed by atoms with Gasteiger partial charge in [-0.05, 0) is 47.7 Å². The molecule has 2 aromatic carbocycles. The molecule has 0 saturated carbocycles. The van der Waals surface area contributed by atoms with E-state index in [-0.39, 0.29) is 23.9 Å². The lowest BCUT2D eigenvalue weighted by atomic mass is 10.1. The molecule has 1 aliphatic heterocycles. The van der Waals surface area contributed by atoms with Crippen molar-refractivity contribution in [3.05, 3.63) is 58.5 Å². The number of amides is 3. The van der Waals surface area contributed by atoms with Crippen molar-refractivity contribution in [2.75, 3.05) is 34.4 Å². The summed E-state index contributed by atoms with van der Waals surface area (Å²) in [6.45, 7) is 0.235. The second kappa shape index (κ2) is 10.0. The zero-order valence-electron chi connectivity index (χ0n) is 17.3. The van der Waals surface area contributed by atoms with Gasteiger partial charge in [0.05, 0.1) is 26.2 Å². The standard InChI is InChI=1S/C22H22N2O6S/c1-28-16-11-14(12-17(29-2)19(16)30-3)13-18-21(26)24(22(27)31-18)10-9-23-20(25)15-7-5-4-6-8-15/h4-8,11-13H,9-10H2,1-3H3,(H,23,25). The number of rotatable bonds is 8. The summed E-state index contributed by atoms with van der Waals surface area (Å²) in [6.07, 6.45) is 1.60. The van der Waals surface area contributed by atoms with E-state index in [0.29, 0.717) is 28.4 Å². The number of thioether (sulfide) groups is 1. The van der Waals surface area contributed by atoms with Crippen molar-refractivity contribution in [1.82, 2.24) is 10.2 Å². The average molecular weight is 442 g/mol. The Morgan fingerprint density at radius 1 is 1.03 bits per heavy atom. The van der Waals surface area contributed by atoms with Crippen LogP contribution in [-0.4, -0.2) is 56.4 Å². The zero-order chi connectivity index (χ0) is 22.4. The fourth-order valence-electron chi connectivity index (χ4n) is 3.00. The molecule has 1 saturated heterocycles. The monoisotopic (exact) mass is 442 g/mol. The van der Waals surface area contributed by atoms with Gasteiger partial charge in [-0.1, -0.05) is 18.2 Å². The molecule has 1 fully saturated rings. The van der Waals surface area contributed by atoms with E-state index in [4.69, 9.17) is 14.2 Å². The third kappa shape index (κ3) is 5.00. The first kappa shape index (κ1) is 22.2. The number of nitrogens with zero attached hydrogens (tertiary/aromatic N) is 1. The molecule has 0 atom stereocenters. The molecule has 0 aromatic heterocycles. The summed E-state index contributed by atoms with van der Waals surface area (Å²) in [5, 5.41) is 2.32. The van der Waals surface area contributed by atoms with Gasteiger partial charge < -0.3 is 19.5 Å². The molecular weight excluding hydrogens is 420 g/mol. The minimum absolute atomic E-state index is 0.0792. The van der Waals surface area contributed by atoms with Crippen molar-refractivity contribution in [3.8, 4) is 17.2 Å². The first-order chi connectivity index (χ1) is 15.0. The van der Waals surface area contributed by atoms with E-state index in [2.05, 4.69) is 5.32 Å². The molecule has 1 heterocycles. The minimum atomic E-state index is -0.419. The summed E-state index contributed by atoms with van der Waals surface area (Å²) in [5.74, 6) is 0.634. The van der Waals surface area contributed by atoms with Gasteiger partial charge in [-0.25, -0.2) is 0 Å². The Morgan fingerprint density at radius 2 is 1.68 bits per heavy atom. The molecule has 0 spiro atoms. The molecule has 31 heavy (non-hydrogen) atoms. The van der Waals surface area contributed by atoms with Crippen molar-refractivity contribution in [3.63, 3.8) is 0 Å². The normalized spacial score (nSPS) is 14.7. The highest BCUT2D eigenvalue weighted by molar-refractivity contribution is 8.18. The van der Waals surface area contributed by atoms with Crippen LogP contribution in [0.4, 0.5) is 4.79 Å². The molecule has 1 aliphatic rings. The SMILES string of the molecule is COc1cc(C=C2SC(=O)N(CCNC(=O)c3ccccc3)C2=O)cc(OC)c1OC. The number of imide groups is 1. The molecule has 3 amide bonds. The summed E-state index contributed by atoms with van der Waals surface area (Å²) in [4.78, 5) is 38.5. The summed E-state index contributed by atoms with van der Waals surface area (Å²) < 4.78 is 15.9. The maximum Gasteiger partial charge on any atom is 0.293 e. The van der Waals surface area contributed by atoms with Crippen LogP contribution < -0.4 is 19.5 Å². The molecule has 9 heteroatoms. The van der Waals surface area contributed by atoms with Gasteiger partial charge in [0, 0.05) is 18.7 Å². The Hall–Kier alpha value is -3.46. The lowest BCUT2D eigenvalue weighted by molar-refractivity contribution is -0.122. The van der Waals surface area contributed by atoms with Crippen molar-refractivity contribution in [2.24, 2.45) is 0 Å². The van der Waals surface area contributed by atoms with Crippen LogP contribution in [0.1, 0.15) is 15.9 Å². The van der Waals surface area contributed by atoms with Crippen LogP contribution in [0, 0.1) is 0 Å². The molecule has 3 rings (SSSR count). The van der Waals surface area contributed by atoms with Crippen molar-refractivity contribution in [2.45, 2.75) is 0 Å². The molecule has 0 aliphatic carbocycles. The van der Waals surface area contributed by atoms with E-state index in [9.17, 15) is 14.4 Å². The zero-order valence-corrected chi connectivity index (χ0v) is 18.2. The largest absolute Gasteiger partial charge is 0.493 e. The van der Waals surface area contributed by atoms with Crippen LogP contribution in [0.15, 0.2) is 47.4 Å². The third-order valence-electron chi connectivity index (χ3n) is 4.52. The summed E-state index contributed by atoms with van der Waals surface area (Å²) in [7, 11) is 4.50. The number of nitrogens with one attached hydrogen (secondary N) is 1. The second-order valence-electron chi connectivity index (χ2n) is 6.41. The summed E-state index contributed by atoms with van der Waals surface area (Å²) in [5.41, 5.74) is 1.14. The molecule has 162 valence electrons. The van der Waals surface area contributed by atoms with Gasteiger partial charge in [0.1, 0.15) is 0 Å². The van der Waals surface area contributed by atoms with Gasteiger partial charge in [0.15, 0.2) is 11.5 Å². The number of carbonyl (C=O) groups is 3. The van der Waals surface area contributed by atoms with E-state index in [1.54, 1.807) is 42.5 Å². The highest BCUT2D eigenvalue weighted by Crippen LogP contribution is 2.40. The number of hydrogen-bond acceptors (Lipinski definition) is 7. The Morgan fingerprint density at radius 3 is 2.26 bits per heavy atom. The minimum Gasteiger partial charge on any atom is -0.493 e. The van der Waals surface area contributed by atoms with Crippen LogP contribution in [0.5, 0.6) is 17.2 Å². The van der Waals surface area contributed by atoms with Crippen LogP contribution >= 0.6 is 11.8 Å². The van der Waals surface area contributed by atoms with E-state index >= 15 is 0 Å². The summed E-state index contributed by atoms with van der Waals surface area (Å²) in [6, 6.07) is 12.1. The smallest absolute Gasteiger partial charge is 0.293 e. The van der Waals surface area contributed by atoms with Crippen molar-refractivity contribution < 1.29 is 28.6 Å². The third-order valence-corrected chi connectivity index (χ3v) is 5.42. The average Bonchev–Trinajstić information content (AvgIpc) is 3.06. The van der Waals surface area contributed by atoms with Crippen LogP contribution in [0.25, 0.3) is 6.08 Å². The molecule has 1 N–H and O–H groups in total. The highest BCUT2D eigenvalue weighted by atomic mass is 32.2. The Bertz CT molecular complexity index is 997. The molecule has 8 nitrogen and oxygen atoms in total. The first-order valence-electron chi connectivity index (χ1n) is 9.37. The topological polar surface area (TPSA) is 94.2 Å². The molecule has 0 radical (unpaired) electrons. The van der Waals surface area contributed by atoms with Gasteiger partial charge in [0.2, 0.25) is 5.75 Å². The Kier molecular flexibility index (Phi) is 7.19. The molecule has 0 unspecified atom stereocenters. The Labute approximate surface area is 184 Å². The molecule has 0 bridgehead atoms. The predicted molar refractivity (Wildman–Crippen MR) is 118 cm³/mol.